The Hall–Kier alpha value is -1.03. The van der Waals surface area contributed by atoms with Gasteiger partial charge in [-0.1, -0.05) is 90.4 Å². The highest BCUT2D eigenvalue weighted by Crippen LogP contribution is 2.31. The smallest absolute Gasteiger partial charge is 0.334 e. The molecule has 0 radical (unpaired) electrons. The highest BCUT2D eigenvalue weighted by molar-refractivity contribution is 5.90. The molecule has 8 nitrogen and oxygen atoms in total. The number of carbonyl (C=O) groups excluding carboxylic acids is 1. The molecule has 262 valence electrons. The Labute approximate surface area is 273 Å². The first-order valence-electron chi connectivity index (χ1n) is 18.7. The lowest BCUT2D eigenvalue weighted by molar-refractivity contribution is -0.139. The number of esters is 1. The summed E-state index contributed by atoms with van der Waals surface area (Å²) in [6, 6.07) is 0. The van der Waals surface area contributed by atoms with Gasteiger partial charge in [-0.25, -0.2) is 4.79 Å². The highest BCUT2D eigenvalue weighted by atomic mass is 16.5. The first-order valence-corrected chi connectivity index (χ1v) is 18.7. The Balaban J connectivity index is 1.16. The van der Waals surface area contributed by atoms with Crippen molar-refractivity contribution < 1.29 is 39.4 Å². The van der Waals surface area contributed by atoms with Crippen molar-refractivity contribution in [1.82, 2.24) is 0 Å². The number of carbonyl (C=O) groups is 1. The van der Waals surface area contributed by atoms with Gasteiger partial charge in [-0.05, 0) is 70.8 Å². The van der Waals surface area contributed by atoms with Crippen LogP contribution in [0.4, 0.5) is 0 Å². The lowest BCUT2D eigenvalue weighted by atomic mass is 9.98. The predicted octanol–water partition coefficient (Wildman–Crippen LogP) is 6.83. The zero-order valence-electron chi connectivity index (χ0n) is 28.5. The topological polar surface area (TPSA) is 126 Å². The second-order valence-electron chi connectivity index (χ2n) is 14.2. The first-order chi connectivity index (χ1) is 21.8. The lowest BCUT2D eigenvalue weighted by Crippen LogP contribution is -2.33. The summed E-state index contributed by atoms with van der Waals surface area (Å²) in [6.45, 7) is 4.07. The summed E-state index contributed by atoms with van der Waals surface area (Å²) < 4.78 is 17.3. The molecule has 4 N–H and O–H groups in total. The second kappa shape index (κ2) is 21.8. The van der Waals surface area contributed by atoms with Gasteiger partial charge in [-0.15, -0.1) is 0 Å². The third kappa shape index (κ3) is 14.7. The molecule has 45 heavy (non-hydrogen) atoms. The molecule has 3 heterocycles. The summed E-state index contributed by atoms with van der Waals surface area (Å²) in [6.07, 6.45) is 21.6. The van der Waals surface area contributed by atoms with Crippen molar-refractivity contribution in [3.63, 3.8) is 0 Å². The highest BCUT2D eigenvalue weighted by Gasteiger charge is 2.36. The van der Waals surface area contributed by atoms with Gasteiger partial charge in [-0.2, -0.15) is 0 Å². The van der Waals surface area contributed by atoms with Gasteiger partial charge in [0.1, 0.15) is 6.10 Å². The van der Waals surface area contributed by atoms with E-state index >= 15 is 0 Å². The molecule has 0 aromatic rings. The van der Waals surface area contributed by atoms with Crippen LogP contribution >= 0.6 is 0 Å². The molecule has 0 aromatic carbocycles. The molecule has 3 aliphatic heterocycles. The van der Waals surface area contributed by atoms with E-state index in [1.807, 2.05) is 6.92 Å². The van der Waals surface area contributed by atoms with Crippen LogP contribution in [0.25, 0.3) is 0 Å². The molecule has 3 rings (SSSR count). The molecule has 0 unspecified atom stereocenters. The lowest BCUT2D eigenvalue weighted by Gasteiger charge is -2.24. The predicted molar refractivity (Wildman–Crippen MR) is 177 cm³/mol. The maximum Gasteiger partial charge on any atom is 0.334 e. The van der Waals surface area contributed by atoms with E-state index in [1.165, 1.54) is 38.5 Å². The summed E-state index contributed by atoms with van der Waals surface area (Å²) in [7, 11) is 0. The summed E-state index contributed by atoms with van der Waals surface area (Å²) in [5.41, 5.74) is 0.600. The SMILES string of the molecule is CCCCCCCCCC[C@@H](O)[C@@H]1CC[C@H]([C@H](O)CC[C@H](O)[C@@H]2CC[C@@H](CCCCCCC[C@@H](O)CC3=C[C@@H](C)OC3=O)O2)O1. The van der Waals surface area contributed by atoms with E-state index in [2.05, 4.69) is 6.92 Å². The Kier molecular flexibility index (Phi) is 18.6. The van der Waals surface area contributed by atoms with Crippen molar-refractivity contribution in [2.45, 2.75) is 216 Å². The maximum atomic E-state index is 11.7. The molecule has 3 aliphatic rings. The number of hydrogen-bond donors (Lipinski definition) is 4. The molecular formula is C37H66O8. The van der Waals surface area contributed by atoms with E-state index in [4.69, 9.17) is 14.2 Å². The number of hydrogen-bond acceptors (Lipinski definition) is 8. The van der Waals surface area contributed by atoms with Gasteiger partial charge in [0.15, 0.2) is 0 Å². The average molecular weight is 639 g/mol. The van der Waals surface area contributed by atoms with Gasteiger partial charge >= 0.3 is 5.97 Å². The van der Waals surface area contributed by atoms with Gasteiger partial charge in [0.05, 0.1) is 48.8 Å². The minimum absolute atomic E-state index is 0.162. The van der Waals surface area contributed by atoms with E-state index < -0.39 is 24.4 Å². The van der Waals surface area contributed by atoms with E-state index in [9.17, 15) is 25.2 Å². The van der Waals surface area contributed by atoms with E-state index in [0.29, 0.717) is 31.3 Å². The van der Waals surface area contributed by atoms with Crippen LogP contribution in [-0.4, -0.2) is 81.3 Å². The molecule has 0 amide bonds. The molecule has 0 aromatic heterocycles. The number of aliphatic hydroxyl groups excluding tert-OH is 4. The van der Waals surface area contributed by atoms with Crippen LogP contribution in [0.3, 0.4) is 0 Å². The Bertz CT molecular complexity index is 833. The Morgan fingerprint density at radius 3 is 1.78 bits per heavy atom. The quantitative estimate of drug-likeness (QED) is 0.0634. The summed E-state index contributed by atoms with van der Waals surface area (Å²) >= 11 is 0. The van der Waals surface area contributed by atoms with Gasteiger partial charge in [0, 0.05) is 12.0 Å². The van der Waals surface area contributed by atoms with Crippen molar-refractivity contribution >= 4 is 5.97 Å². The van der Waals surface area contributed by atoms with Crippen LogP contribution in [0, 0.1) is 0 Å². The summed E-state index contributed by atoms with van der Waals surface area (Å²) in [5.74, 6) is -0.295. The monoisotopic (exact) mass is 638 g/mol. The minimum Gasteiger partial charge on any atom is -0.455 e. The molecular weight excluding hydrogens is 572 g/mol. The number of unbranched alkanes of at least 4 members (excludes halogenated alkanes) is 11. The third-order valence-electron chi connectivity index (χ3n) is 10.1. The van der Waals surface area contributed by atoms with Crippen molar-refractivity contribution in [3.8, 4) is 0 Å². The number of ether oxygens (including phenoxy) is 3. The van der Waals surface area contributed by atoms with Crippen LogP contribution in [0.2, 0.25) is 0 Å². The van der Waals surface area contributed by atoms with Gasteiger partial charge in [0.2, 0.25) is 0 Å². The van der Waals surface area contributed by atoms with Crippen LogP contribution < -0.4 is 0 Å². The van der Waals surface area contributed by atoms with E-state index in [-0.39, 0.29) is 36.5 Å². The van der Waals surface area contributed by atoms with Crippen molar-refractivity contribution in [2.75, 3.05) is 0 Å². The molecule has 0 saturated carbocycles. The summed E-state index contributed by atoms with van der Waals surface area (Å²) in [4.78, 5) is 11.7. The average Bonchev–Trinajstić information content (AvgIpc) is 3.77. The number of cyclic esters (lactones) is 1. The fraction of sp³-hybridized carbons (Fsp3) is 0.919. The number of aliphatic hydroxyl groups is 4. The van der Waals surface area contributed by atoms with Crippen molar-refractivity contribution in [3.05, 3.63) is 11.6 Å². The third-order valence-corrected chi connectivity index (χ3v) is 10.1. The fourth-order valence-electron chi connectivity index (χ4n) is 7.29. The maximum absolute atomic E-state index is 11.7. The fourth-order valence-corrected chi connectivity index (χ4v) is 7.29. The molecule has 2 saturated heterocycles. The Morgan fingerprint density at radius 1 is 0.667 bits per heavy atom. The van der Waals surface area contributed by atoms with Crippen LogP contribution in [-0.2, 0) is 19.0 Å². The summed E-state index contributed by atoms with van der Waals surface area (Å²) in [5, 5.41) is 42.4. The molecule has 2 fully saturated rings. The van der Waals surface area contributed by atoms with Gasteiger partial charge in [0.25, 0.3) is 0 Å². The molecule has 0 aliphatic carbocycles. The zero-order valence-corrected chi connectivity index (χ0v) is 28.5. The van der Waals surface area contributed by atoms with Crippen LogP contribution in [0.1, 0.15) is 162 Å². The zero-order chi connectivity index (χ0) is 32.4. The first kappa shape index (κ1) is 38.4. The second-order valence-corrected chi connectivity index (χ2v) is 14.2. The normalized spacial score (nSPS) is 27.8. The molecule has 8 heteroatoms. The molecule has 0 bridgehead atoms. The molecule has 9 atom stereocenters. The van der Waals surface area contributed by atoms with Crippen molar-refractivity contribution in [2.24, 2.45) is 0 Å². The standard InChI is InChI=1S/C37H66O8/c1-3-4-5-6-7-8-12-15-18-31(39)35-23-24-36(45-35)33(41)21-20-32(40)34-22-19-30(44-34)17-14-11-9-10-13-16-29(38)26-28-25-27(2)43-37(28)42/h25,27,29-36,38-41H,3-24,26H2,1-2H3/t27-,29-,30-,31-,32+,33-,34+,35+,36-/m1/s1. The van der Waals surface area contributed by atoms with Crippen LogP contribution in [0.15, 0.2) is 11.6 Å². The van der Waals surface area contributed by atoms with Gasteiger partial charge in [-0.3, -0.25) is 0 Å². The van der Waals surface area contributed by atoms with Crippen molar-refractivity contribution in [1.29, 1.82) is 0 Å². The number of rotatable bonds is 25. The van der Waals surface area contributed by atoms with Crippen LogP contribution in [0.5, 0.6) is 0 Å². The Morgan fingerprint density at radius 2 is 1.18 bits per heavy atom. The molecule has 0 spiro atoms. The van der Waals surface area contributed by atoms with Gasteiger partial charge < -0.3 is 34.6 Å². The largest absolute Gasteiger partial charge is 0.455 e. The minimum atomic E-state index is -0.627. The van der Waals surface area contributed by atoms with E-state index in [1.54, 1.807) is 6.08 Å². The van der Waals surface area contributed by atoms with E-state index in [0.717, 1.165) is 83.5 Å².